The highest BCUT2D eigenvalue weighted by atomic mass is 35.5. The highest BCUT2D eigenvalue weighted by Crippen LogP contribution is 2.12. The molecule has 1 fully saturated rings. The second-order valence-electron chi connectivity index (χ2n) is 5.52. The summed E-state index contributed by atoms with van der Waals surface area (Å²) >= 11 is 0. The largest absolute Gasteiger partial charge is 0.346 e. The first-order valence-corrected chi connectivity index (χ1v) is 7.75. The molecule has 1 aliphatic heterocycles. The van der Waals surface area contributed by atoms with Crippen molar-refractivity contribution in [2.75, 3.05) is 38.0 Å². The molecule has 4 N–H and O–H groups in total. The van der Waals surface area contributed by atoms with E-state index in [0.717, 1.165) is 18.7 Å². The lowest BCUT2D eigenvalue weighted by Crippen LogP contribution is -2.36. The minimum atomic E-state index is -0.340. The van der Waals surface area contributed by atoms with E-state index in [1.54, 1.807) is 0 Å². The summed E-state index contributed by atoms with van der Waals surface area (Å²) in [6.07, 6.45) is 3.65. The van der Waals surface area contributed by atoms with Crippen LogP contribution in [0.2, 0.25) is 0 Å². The summed E-state index contributed by atoms with van der Waals surface area (Å²) in [7, 11) is 0. The van der Waals surface area contributed by atoms with E-state index in [2.05, 4.69) is 15.5 Å². The van der Waals surface area contributed by atoms with Crippen LogP contribution in [-0.4, -0.2) is 49.4 Å². The second kappa shape index (κ2) is 12.1. The number of carbonyl (C=O) groups is 2. The molecule has 1 saturated heterocycles. The number of nitrogens with two attached hydrogens (primary N) is 1. The zero-order chi connectivity index (χ0) is 15.8. The van der Waals surface area contributed by atoms with Crippen LogP contribution in [-0.2, 0) is 16.0 Å². The Labute approximate surface area is 155 Å². The molecule has 24 heavy (non-hydrogen) atoms. The molecule has 0 atom stereocenters. The monoisotopic (exact) mass is 376 g/mol. The summed E-state index contributed by atoms with van der Waals surface area (Å²) in [5.74, 6) is -0.598. The number of benzene rings is 1. The number of hydrogen-bond acceptors (Lipinski definition) is 4. The van der Waals surface area contributed by atoms with Crippen LogP contribution in [0.3, 0.4) is 0 Å². The number of nitrogens with one attached hydrogen (secondary N) is 2. The maximum Gasteiger partial charge on any atom is 0.243 e. The fraction of sp³-hybridized carbons (Fsp3) is 0.500. The van der Waals surface area contributed by atoms with Gasteiger partial charge in [0.15, 0.2) is 0 Å². The first kappa shape index (κ1) is 22.7. The summed E-state index contributed by atoms with van der Waals surface area (Å²) < 4.78 is 0. The highest BCUT2D eigenvalue weighted by Gasteiger charge is 2.10. The van der Waals surface area contributed by atoms with Gasteiger partial charge in [0, 0.05) is 12.2 Å². The van der Waals surface area contributed by atoms with Crippen molar-refractivity contribution in [1.82, 2.24) is 10.2 Å². The molecule has 0 aliphatic carbocycles. The van der Waals surface area contributed by atoms with Gasteiger partial charge >= 0.3 is 0 Å². The molecule has 0 radical (unpaired) electrons. The lowest BCUT2D eigenvalue weighted by atomic mass is 10.1. The molecule has 6 nitrogen and oxygen atoms in total. The summed E-state index contributed by atoms with van der Waals surface area (Å²) in [4.78, 5) is 25.1. The van der Waals surface area contributed by atoms with Crippen molar-refractivity contribution in [2.45, 2.75) is 19.3 Å². The summed E-state index contributed by atoms with van der Waals surface area (Å²) in [6.45, 7) is 3.34. The number of anilines is 1. The van der Waals surface area contributed by atoms with Gasteiger partial charge in [-0.15, -0.1) is 24.8 Å². The Morgan fingerprint density at radius 1 is 1.04 bits per heavy atom. The Kier molecular flexibility index (Phi) is 11.4. The molecule has 0 bridgehead atoms. The maximum atomic E-state index is 11.6. The van der Waals surface area contributed by atoms with Crippen LogP contribution in [0.1, 0.15) is 18.4 Å². The van der Waals surface area contributed by atoms with E-state index in [1.165, 1.54) is 31.5 Å². The Morgan fingerprint density at radius 3 is 2.25 bits per heavy atom. The third-order valence-corrected chi connectivity index (χ3v) is 3.78. The lowest BCUT2D eigenvalue weighted by molar-refractivity contribution is -0.123. The molecule has 2 rings (SSSR count). The van der Waals surface area contributed by atoms with Crippen LogP contribution in [0.4, 0.5) is 5.69 Å². The summed E-state index contributed by atoms with van der Waals surface area (Å²) in [5, 5.41) is 5.17. The first-order chi connectivity index (χ1) is 10.7. The SMILES string of the molecule is Cl.Cl.NCC(=O)NCC(=O)Nc1ccc(CCN2CCCC2)cc1. The summed E-state index contributed by atoms with van der Waals surface area (Å²) in [5.41, 5.74) is 7.15. The zero-order valence-corrected chi connectivity index (χ0v) is 15.3. The molecule has 136 valence electrons. The van der Waals surface area contributed by atoms with E-state index < -0.39 is 0 Å². The van der Waals surface area contributed by atoms with Crippen LogP contribution >= 0.6 is 24.8 Å². The minimum absolute atomic E-state index is 0. The van der Waals surface area contributed by atoms with Gasteiger partial charge in [0.25, 0.3) is 0 Å². The molecule has 1 aromatic carbocycles. The molecule has 0 saturated carbocycles. The van der Waals surface area contributed by atoms with Gasteiger partial charge in [-0.05, 0) is 50.0 Å². The summed E-state index contributed by atoms with van der Waals surface area (Å²) in [6, 6.07) is 7.85. The Hall–Kier alpha value is -1.34. The molecule has 8 heteroatoms. The molecule has 0 aromatic heterocycles. The minimum Gasteiger partial charge on any atom is -0.346 e. The quantitative estimate of drug-likeness (QED) is 0.666. The third kappa shape index (κ3) is 7.97. The van der Waals surface area contributed by atoms with Crippen LogP contribution < -0.4 is 16.4 Å². The topological polar surface area (TPSA) is 87.5 Å². The standard InChI is InChI=1S/C16H24N4O2.2ClH/c17-11-15(21)18-12-16(22)19-14-5-3-13(4-6-14)7-10-20-8-1-2-9-20;;/h3-6H,1-2,7-12,17H2,(H,18,21)(H,19,22);2*1H. The van der Waals surface area contributed by atoms with E-state index in [4.69, 9.17) is 5.73 Å². The van der Waals surface area contributed by atoms with Crippen LogP contribution in [0.5, 0.6) is 0 Å². The van der Waals surface area contributed by atoms with Gasteiger partial charge in [-0.25, -0.2) is 0 Å². The maximum absolute atomic E-state index is 11.6. The molecule has 1 aromatic rings. The van der Waals surface area contributed by atoms with Gasteiger partial charge in [0.05, 0.1) is 13.1 Å². The number of amides is 2. The number of rotatable bonds is 7. The smallest absolute Gasteiger partial charge is 0.243 e. The van der Waals surface area contributed by atoms with Gasteiger partial charge in [-0.2, -0.15) is 0 Å². The predicted octanol–water partition coefficient (Wildman–Crippen LogP) is 1.18. The van der Waals surface area contributed by atoms with Crippen molar-refractivity contribution in [3.63, 3.8) is 0 Å². The molecule has 0 spiro atoms. The van der Waals surface area contributed by atoms with Gasteiger partial charge < -0.3 is 21.3 Å². The van der Waals surface area contributed by atoms with Crippen molar-refractivity contribution >= 4 is 42.3 Å². The normalized spacial score (nSPS) is 13.5. The lowest BCUT2D eigenvalue weighted by Gasteiger charge is -2.14. The third-order valence-electron chi connectivity index (χ3n) is 3.78. The number of nitrogens with zero attached hydrogens (tertiary/aromatic N) is 1. The first-order valence-electron chi connectivity index (χ1n) is 7.75. The zero-order valence-electron chi connectivity index (χ0n) is 13.6. The van der Waals surface area contributed by atoms with Crippen molar-refractivity contribution in [1.29, 1.82) is 0 Å². The van der Waals surface area contributed by atoms with Crippen molar-refractivity contribution in [2.24, 2.45) is 5.73 Å². The molecular weight excluding hydrogens is 351 g/mol. The van der Waals surface area contributed by atoms with Gasteiger partial charge in [0.1, 0.15) is 0 Å². The van der Waals surface area contributed by atoms with E-state index in [-0.39, 0.29) is 49.7 Å². The van der Waals surface area contributed by atoms with Crippen molar-refractivity contribution < 1.29 is 9.59 Å². The average molecular weight is 377 g/mol. The van der Waals surface area contributed by atoms with Crippen LogP contribution in [0.25, 0.3) is 0 Å². The predicted molar refractivity (Wildman–Crippen MR) is 101 cm³/mol. The Morgan fingerprint density at radius 2 is 1.67 bits per heavy atom. The number of likely N-dealkylation sites (tertiary alicyclic amines) is 1. The molecule has 1 aliphatic rings. The van der Waals surface area contributed by atoms with E-state index in [1.807, 2.05) is 24.3 Å². The number of halogens is 2. The Bertz CT molecular complexity index is 505. The van der Waals surface area contributed by atoms with Gasteiger partial charge in [0.2, 0.25) is 11.8 Å². The van der Waals surface area contributed by atoms with Crippen LogP contribution in [0, 0.1) is 0 Å². The molecule has 0 unspecified atom stereocenters. The van der Waals surface area contributed by atoms with Gasteiger partial charge in [-0.3, -0.25) is 9.59 Å². The Balaban J connectivity index is 0.00000264. The second-order valence-corrected chi connectivity index (χ2v) is 5.52. The molecule has 1 heterocycles. The molecular formula is C16H26Cl2N4O2. The molecule has 2 amide bonds. The van der Waals surface area contributed by atoms with Crippen LogP contribution in [0.15, 0.2) is 24.3 Å². The average Bonchev–Trinajstić information content (AvgIpc) is 3.05. The number of carbonyl (C=O) groups excluding carboxylic acids is 2. The highest BCUT2D eigenvalue weighted by molar-refractivity contribution is 5.94. The fourth-order valence-electron chi connectivity index (χ4n) is 2.50. The van der Waals surface area contributed by atoms with Gasteiger partial charge in [-0.1, -0.05) is 12.1 Å². The van der Waals surface area contributed by atoms with E-state index >= 15 is 0 Å². The van der Waals surface area contributed by atoms with E-state index in [9.17, 15) is 9.59 Å². The fourth-order valence-corrected chi connectivity index (χ4v) is 2.50. The number of hydrogen-bond donors (Lipinski definition) is 3. The van der Waals surface area contributed by atoms with Crippen molar-refractivity contribution in [3.05, 3.63) is 29.8 Å². The van der Waals surface area contributed by atoms with Crippen molar-refractivity contribution in [3.8, 4) is 0 Å². The van der Waals surface area contributed by atoms with E-state index in [0.29, 0.717) is 0 Å².